The smallest absolute Gasteiger partial charge is 0.290 e. The van der Waals surface area contributed by atoms with Crippen LogP contribution >= 0.6 is 11.3 Å². The Kier molecular flexibility index (Phi) is 8.19. The molecule has 2 amide bonds. The van der Waals surface area contributed by atoms with Crippen molar-refractivity contribution in [1.82, 2.24) is 30.3 Å². The first-order valence-corrected chi connectivity index (χ1v) is 11.1. The van der Waals surface area contributed by atoms with Crippen molar-refractivity contribution in [3.05, 3.63) is 53.1 Å². The van der Waals surface area contributed by atoms with Crippen molar-refractivity contribution in [1.29, 1.82) is 0 Å². The van der Waals surface area contributed by atoms with Gasteiger partial charge in [-0.2, -0.15) is 0 Å². The van der Waals surface area contributed by atoms with E-state index in [9.17, 15) is 9.59 Å². The minimum Gasteiger partial charge on any atom is -0.483 e. The lowest BCUT2D eigenvalue weighted by molar-refractivity contribution is -0.126. The Bertz CT molecular complexity index is 1080. The molecular formula is C21H25N7O4S. The average molecular weight is 472 g/mol. The minimum atomic E-state index is -0.422. The van der Waals surface area contributed by atoms with Crippen molar-refractivity contribution in [2.75, 3.05) is 11.4 Å². The van der Waals surface area contributed by atoms with E-state index in [1.54, 1.807) is 11.2 Å². The normalized spacial score (nSPS) is 15.3. The summed E-state index contributed by atoms with van der Waals surface area (Å²) in [5.41, 5.74) is 1.14. The van der Waals surface area contributed by atoms with Crippen molar-refractivity contribution in [3.8, 4) is 0 Å². The van der Waals surface area contributed by atoms with E-state index in [1.165, 1.54) is 11.3 Å². The predicted molar refractivity (Wildman–Crippen MR) is 121 cm³/mol. The second-order valence-corrected chi connectivity index (χ2v) is 8.66. The van der Waals surface area contributed by atoms with Crippen LogP contribution in [0.2, 0.25) is 0 Å². The molecule has 1 unspecified atom stereocenters. The molecule has 0 spiro atoms. The molecule has 0 saturated carbocycles. The molecule has 4 rings (SSSR count). The first-order valence-electron chi connectivity index (χ1n) is 10.3. The topological polar surface area (TPSA) is 143 Å². The van der Waals surface area contributed by atoms with Crippen LogP contribution in [0.25, 0.3) is 0 Å². The number of aromatic nitrogens is 5. The number of rotatable bonds is 7. The van der Waals surface area contributed by atoms with Crippen LogP contribution in [0, 0.1) is 5.92 Å². The molecule has 3 aromatic rings. The van der Waals surface area contributed by atoms with Crippen LogP contribution < -0.4 is 10.2 Å². The van der Waals surface area contributed by atoms with Crippen LogP contribution in [-0.2, 0) is 27.3 Å². The average Bonchev–Trinajstić information content (AvgIpc) is 3.53. The Hall–Kier alpha value is -3.67. The molecule has 33 heavy (non-hydrogen) atoms. The Balaban J connectivity index is 0.000000968. The Labute approximate surface area is 194 Å². The molecule has 0 aliphatic carbocycles. The highest BCUT2D eigenvalue weighted by Gasteiger charge is 2.36. The van der Waals surface area contributed by atoms with Gasteiger partial charge in [-0.25, -0.2) is 0 Å². The van der Waals surface area contributed by atoms with Gasteiger partial charge in [0.25, 0.3) is 6.47 Å². The van der Waals surface area contributed by atoms with Crippen LogP contribution in [0.3, 0.4) is 0 Å². The molecule has 3 heterocycles. The number of nitrogens with one attached hydrogen (secondary N) is 1. The number of nitrogens with zero attached hydrogens (tertiary/aromatic N) is 6. The molecule has 1 aromatic carbocycles. The summed E-state index contributed by atoms with van der Waals surface area (Å²) < 4.78 is 1.90. The van der Waals surface area contributed by atoms with Crippen LogP contribution in [-0.4, -0.2) is 54.9 Å². The summed E-state index contributed by atoms with van der Waals surface area (Å²) in [5, 5.41) is 27.5. The van der Waals surface area contributed by atoms with Gasteiger partial charge in [0.15, 0.2) is 5.82 Å². The minimum absolute atomic E-state index is 0.108. The van der Waals surface area contributed by atoms with Gasteiger partial charge in [-0.05, 0) is 19.4 Å². The third-order valence-corrected chi connectivity index (χ3v) is 5.95. The van der Waals surface area contributed by atoms with Gasteiger partial charge in [0, 0.05) is 25.4 Å². The lowest BCUT2D eigenvalue weighted by Crippen LogP contribution is -2.33. The highest BCUT2D eigenvalue weighted by molar-refractivity contribution is 7.15. The monoisotopic (exact) mass is 471 g/mol. The zero-order valence-corrected chi connectivity index (χ0v) is 19.1. The fraction of sp³-hybridized carbons (Fsp3) is 0.381. The van der Waals surface area contributed by atoms with E-state index in [-0.39, 0.29) is 37.3 Å². The van der Waals surface area contributed by atoms with E-state index in [4.69, 9.17) is 9.90 Å². The summed E-state index contributed by atoms with van der Waals surface area (Å²) in [7, 11) is 0. The maximum absolute atomic E-state index is 12.6. The van der Waals surface area contributed by atoms with Crippen molar-refractivity contribution >= 4 is 34.8 Å². The predicted octanol–water partition coefficient (Wildman–Crippen LogP) is 1.67. The second-order valence-electron chi connectivity index (χ2n) is 7.62. The molecular weight excluding hydrogens is 446 g/mol. The summed E-state index contributed by atoms with van der Waals surface area (Å²) in [6, 6.07) is 10.2. The van der Waals surface area contributed by atoms with E-state index in [1.807, 2.05) is 48.7 Å². The molecule has 1 fully saturated rings. The number of carboxylic acid groups (broad SMARTS) is 1. The standard InChI is InChI=1S/C20H23N7O2S.CH2O2/c1-13(2)27-12-22-23-16(27)10-21-19(29)15-9-18(28)26(11-15)20-25-24-17(30-20)8-14-6-4-3-5-7-14;2-1-3/h3-7,12-13,15H,8-11H2,1-2H3,(H,21,29);1H,(H,2,3). The van der Waals surface area contributed by atoms with E-state index >= 15 is 0 Å². The van der Waals surface area contributed by atoms with Crippen molar-refractivity contribution in [2.24, 2.45) is 5.92 Å². The molecule has 1 aliphatic heterocycles. The van der Waals surface area contributed by atoms with Crippen LogP contribution in [0.4, 0.5) is 5.13 Å². The second kappa shape index (κ2) is 11.3. The molecule has 12 heteroatoms. The Morgan fingerprint density at radius 1 is 1.27 bits per heavy atom. The SMILES string of the molecule is CC(C)n1cnnc1CNC(=O)C1CC(=O)N(c2nnc(Cc3ccccc3)s2)C1.O=CO. The first-order chi connectivity index (χ1) is 15.9. The summed E-state index contributed by atoms with van der Waals surface area (Å²) in [5.74, 6) is -0.00955. The summed E-state index contributed by atoms with van der Waals surface area (Å²) in [6.45, 7) is 4.38. The third-order valence-electron chi connectivity index (χ3n) is 5.01. The van der Waals surface area contributed by atoms with Gasteiger partial charge >= 0.3 is 0 Å². The largest absolute Gasteiger partial charge is 0.483 e. The number of carbonyl (C=O) groups excluding carboxylic acids is 2. The number of hydrogen-bond donors (Lipinski definition) is 2. The third kappa shape index (κ3) is 6.19. The van der Waals surface area contributed by atoms with Gasteiger partial charge in [-0.3, -0.25) is 19.3 Å². The van der Waals surface area contributed by atoms with Gasteiger partial charge < -0.3 is 15.0 Å². The highest BCUT2D eigenvalue weighted by Crippen LogP contribution is 2.29. The summed E-state index contributed by atoms with van der Waals surface area (Å²) in [6.07, 6.45) is 2.48. The molecule has 11 nitrogen and oxygen atoms in total. The van der Waals surface area contributed by atoms with E-state index in [2.05, 4.69) is 25.7 Å². The van der Waals surface area contributed by atoms with Gasteiger partial charge in [-0.1, -0.05) is 41.7 Å². The molecule has 2 N–H and O–H groups in total. The van der Waals surface area contributed by atoms with Gasteiger partial charge in [-0.15, -0.1) is 20.4 Å². The molecule has 0 radical (unpaired) electrons. The van der Waals surface area contributed by atoms with Gasteiger partial charge in [0.05, 0.1) is 12.5 Å². The van der Waals surface area contributed by atoms with Crippen LogP contribution in [0.5, 0.6) is 0 Å². The lowest BCUT2D eigenvalue weighted by atomic mass is 10.1. The molecule has 2 aromatic heterocycles. The molecule has 174 valence electrons. The molecule has 0 bridgehead atoms. The maximum atomic E-state index is 12.6. The fourth-order valence-corrected chi connectivity index (χ4v) is 4.30. The number of hydrogen-bond acceptors (Lipinski definition) is 8. The van der Waals surface area contributed by atoms with Crippen molar-refractivity contribution in [3.63, 3.8) is 0 Å². The molecule has 1 atom stereocenters. The van der Waals surface area contributed by atoms with E-state index in [0.29, 0.717) is 23.9 Å². The van der Waals surface area contributed by atoms with Gasteiger partial charge in [0.2, 0.25) is 16.9 Å². The highest BCUT2D eigenvalue weighted by atomic mass is 32.1. The molecule has 1 saturated heterocycles. The number of anilines is 1. The van der Waals surface area contributed by atoms with Crippen molar-refractivity contribution in [2.45, 2.75) is 39.3 Å². The van der Waals surface area contributed by atoms with Crippen molar-refractivity contribution < 1.29 is 19.5 Å². The quantitative estimate of drug-likeness (QED) is 0.495. The van der Waals surface area contributed by atoms with Gasteiger partial charge in [0.1, 0.15) is 11.3 Å². The number of benzene rings is 1. The first kappa shape index (κ1) is 24.0. The Morgan fingerprint density at radius 3 is 2.70 bits per heavy atom. The number of amides is 2. The Morgan fingerprint density at radius 2 is 2.00 bits per heavy atom. The zero-order chi connectivity index (χ0) is 23.8. The lowest BCUT2D eigenvalue weighted by Gasteiger charge is -2.13. The van der Waals surface area contributed by atoms with E-state index < -0.39 is 5.92 Å². The maximum Gasteiger partial charge on any atom is 0.290 e. The van der Waals surface area contributed by atoms with E-state index in [0.717, 1.165) is 10.6 Å². The summed E-state index contributed by atoms with van der Waals surface area (Å²) >= 11 is 1.39. The number of carbonyl (C=O) groups is 3. The molecule has 1 aliphatic rings. The summed E-state index contributed by atoms with van der Waals surface area (Å²) in [4.78, 5) is 35.0. The van der Waals surface area contributed by atoms with Crippen LogP contribution in [0.1, 0.15) is 42.7 Å². The fourth-order valence-electron chi connectivity index (χ4n) is 3.40. The van der Waals surface area contributed by atoms with Crippen LogP contribution in [0.15, 0.2) is 36.7 Å². The zero-order valence-electron chi connectivity index (χ0n) is 18.3.